The van der Waals surface area contributed by atoms with Crippen LogP contribution in [0.15, 0.2) is 54.1 Å². The molecule has 0 bridgehead atoms. The molecule has 8 nitrogen and oxygen atoms in total. The van der Waals surface area contributed by atoms with Crippen molar-refractivity contribution >= 4 is 23.7 Å². The monoisotopic (exact) mass is 600 g/mol. The molecule has 0 unspecified atom stereocenters. The Bertz CT molecular complexity index is 1380. The highest BCUT2D eigenvalue weighted by molar-refractivity contribution is 6.01. The van der Waals surface area contributed by atoms with E-state index >= 15 is 8.78 Å². The summed E-state index contributed by atoms with van der Waals surface area (Å²) in [4.78, 5) is 51.8. The van der Waals surface area contributed by atoms with Crippen molar-refractivity contribution in [2.75, 3.05) is 13.2 Å². The number of esters is 1. The van der Waals surface area contributed by atoms with E-state index in [9.17, 15) is 24.3 Å². The summed E-state index contributed by atoms with van der Waals surface area (Å²) in [6, 6.07) is 8.82. The molecule has 43 heavy (non-hydrogen) atoms. The summed E-state index contributed by atoms with van der Waals surface area (Å²) in [7, 11) is 0. The molecule has 9 atom stereocenters. The highest BCUT2D eigenvalue weighted by Crippen LogP contribution is 2.71. The minimum absolute atomic E-state index is 0.0112. The lowest BCUT2D eigenvalue weighted by molar-refractivity contribution is -0.226. The number of allylic oxidation sites excluding steroid dienone is 4. The summed E-state index contributed by atoms with van der Waals surface area (Å²) in [5.74, 6) is -4.34. The number of benzene rings is 1. The number of halogens is 2. The van der Waals surface area contributed by atoms with Crippen LogP contribution in [0.3, 0.4) is 0 Å². The molecule has 1 aromatic rings. The van der Waals surface area contributed by atoms with E-state index < -0.39 is 82.4 Å². The Hall–Kier alpha value is -3.40. The van der Waals surface area contributed by atoms with Gasteiger partial charge in [-0.2, -0.15) is 0 Å². The number of Topliss-reactive ketones (excluding diaryl/α,β-unsaturated/α-hetero) is 1. The fourth-order valence-corrected chi connectivity index (χ4v) is 8.74. The second-order valence-electron chi connectivity index (χ2n) is 12.8. The maximum atomic E-state index is 17.6. The number of carbonyl (C=O) groups is 4. The summed E-state index contributed by atoms with van der Waals surface area (Å²) in [5, 5.41) is 11.6. The van der Waals surface area contributed by atoms with Gasteiger partial charge in [-0.3, -0.25) is 14.4 Å². The van der Waals surface area contributed by atoms with Crippen LogP contribution in [0.5, 0.6) is 0 Å². The molecule has 0 heterocycles. The second kappa shape index (κ2) is 10.9. The summed E-state index contributed by atoms with van der Waals surface area (Å²) in [6.07, 6.45) is -1.37. The number of rotatable bonds is 7. The van der Waals surface area contributed by atoms with Gasteiger partial charge in [0, 0.05) is 22.7 Å². The van der Waals surface area contributed by atoms with Gasteiger partial charge in [-0.05, 0) is 62.3 Å². The lowest BCUT2D eigenvalue weighted by atomic mass is 9.44. The number of alkyl halides is 2. The average Bonchev–Trinajstić information content (AvgIpc) is 3.17. The van der Waals surface area contributed by atoms with Gasteiger partial charge in [-0.25, -0.2) is 13.6 Å². The number of hydrogen-bond donors (Lipinski definition) is 1. The summed E-state index contributed by atoms with van der Waals surface area (Å²) in [6.45, 7) is 5.63. The predicted molar refractivity (Wildman–Crippen MR) is 150 cm³/mol. The van der Waals surface area contributed by atoms with Crippen LogP contribution < -0.4 is 0 Å². The molecule has 4 aliphatic carbocycles. The fourth-order valence-electron chi connectivity index (χ4n) is 8.74. The zero-order valence-corrected chi connectivity index (χ0v) is 24.8. The van der Waals surface area contributed by atoms with Crippen LogP contribution in [0.25, 0.3) is 0 Å². The maximum Gasteiger partial charge on any atom is 0.509 e. The summed E-state index contributed by atoms with van der Waals surface area (Å²) >= 11 is 0. The highest BCUT2D eigenvalue weighted by atomic mass is 19.1. The van der Waals surface area contributed by atoms with Gasteiger partial charge >= 0.3 is 12.1 Å². The lowest BCUT2D eigenvalue weighted by Gasteiger charge is -2.63. The quantitative estimate of drug-likeness (QED) is 0.443. The Kier molecular flexibility index (Phi) is 7.90. The van der Waals surface area contributed by atoms with Crippen LogP contribution >= 0.6 is 0 Å². The first kappa shape index (κ1) is 31.0. The molecule has 3 fully saturated rings. The first-order valence-electron chi connectivity index (χ1n) is 14.8. The molecule has 0 amide bonds. The van der Waals surface area contributed by atoms with Gasteiger partial charge in [0.25, 0.3) is 0 Å². The third-order valence-corrected chi connectivity index (χ3v) is 10.6. The van der Waals surface area contributed by atoms with Crippen molar-refractivity contribution in [1.29, 1.82) is 0 Å². The minimum atomic E-state index is -2.37. The van der Waals surface area contributed by atoms with Crippen molar-refractivity contribution in [3.63, 3.8) is 0 Å². The van der Waals surface area contributed by atoms with Crippen molar-refractivity contribution in [2.24, 2.45) is 28.6 Å². The third kappa shape index (κ3) is 4.55. The molecule has 0 aliphatic heterocycles. The first-order chi connectivity index (χ1) is 20.2. The van der Waals surface area contributed by atoms with E-state index in [1.165, 1.54) is 19.1 Å². The van der Waals surface area contributed by atoms with Crippen LogP contribution in [0.2, 0.25) is 0 Å². The summed E-state index contributed by atoms with van der Waals surface area (Å²) in [5.41, 5.74) is -6.62. The van der Waals surface area contributed by atoms with Crippen molar-refractivity contribution in [3.8, 4) is 0 Å². The van der Waals surface area contributed by atoms with Crippen LogP contribution in [0.1, 0.15) is 52.5 Å². The smallest absolute Gasteiger partial charge is 0.457 e. The molecule has 4 aliphatic rings. The maximum absolute atomic E-state index is 17.6. The molecule has 0 radical (unpaired) electrons. The van der Waals surface area contributed by atoms with Crippen molar-refractivity contribution in [1.82, 2.24) is 0 Å². The van der Waals surface area contributed by atoms with Gasteiger partial charge < -0.3 is 19.3 Å². The van der Waals surface area contributed by atoms with Gasteiger partial charge in [-0.15, -0.1) is 0 Å². The molecule has 0 saturated heterocycles. The van der Waals surface area contributed by atoms with Crippen molar-refractivity contribution in [2.45, 2.75) is 76.9 Å². The van der Waals surface area contributed by atoms with Gasteiger partial charge in [0.2, 0.25) is 5.78 Å². The zero-order chi connectivity index (χ0) is 31.4. The van der Waals surface area contributed by atoms with Gasteiger partial charge in [0.1, 0.15) is 6.17 Å². The average molecular weight is 601 g/mol. The predicted octanol–water partition coefficient (Wildman–Crippen LogP) is 4.82. The Labute approximate surface area is 249 Å². The largest absolute Gasteiger partial charge is 0.509 e. The SMILES string of the molecule is CCOC(=O)O[C@]1(C(=O)COC(=O)Cc2ccccc2)[C@H](C)C[C@H]2[C@@H]3C[C@H](F)C4=CC(=O)C=C[C@]4(C)[C@@]3(F)[C@@H](O)C[C@@]21C. The normalized spacial score (nSPS) is 39.6. The van der Waals surface area contributed by atoms with E-state index in [1.54, 1.807) is 51.1 Å². The molecular weight excluding hydrogens is 562 g/mol. The molecule has 1 N–H and O–H groups in total. The van der Waals surface area contributed by atoms with E-state index in [-0.39, 0.29) is 37.9 Å². The molecule has 232 valence electrons. The number of ether oxygens (including phenoxy) is 3. The topological polar surface area (TPSA) is 116 Å². The van der Waals surface area contributed by atoms with E-state index in [0.717, 1.165) is 6.08 Å². The molecular formula is C33H38F2O8. The molecule has 1 aromatic carbocycles. The van der Waals surface area contributed by atoms with Crippen molar-refractivity contribution in [3.05, 3.63) is 59.7 Å². The Morgan fingerprint density at radius 2 is 1.77 bits per heavy atom. The third-order valence-electron chi connectivity index (χ3n) is 10.6. The number of fused-ring (bicyclic) bond motifs is 5. The van der Waals surface area contributed by atoms with Gasteiger partial charge in [0.05, 0.1) is 19.1 Å². The molecule has 10 heteroatoms. The molecule has 5 rings (SSSR count). The number of aliphatic hydroxyl groups excluding tert-OH is 1. The zero-order valence-electron chi connectivity index (χ0n) is 24.8. The molecule has 0 aromatic heterocycles. The fraction of sp³-hybridized carbons (Fsp3) is 0.576. The number of ketones is 2. The molecule has 3 saturated carbocycles. The van der Waals surface area contributed by atoms with E-state index in [4.69, 9.17) is 14.2 Å². The minimum Gasteiger partial charge on any atom is -0.457 e. The Morgan fingerprint density at radius 1 is 1.07 bits per heavy atom. The second-order valence-corrected chi connectivity index (χ2v) is 12.8. The number of hydrogen-bond acceptors (Lipinski definition) is 8. The lowest BCUT2D eigenvalue weighted by Crippen LogP contribution is -2.71. The highest BCUT2D eigenvalue weighted by Gasteiger charge is 2.78. The van der Waals surface area contributed by atoms with E-state index in [0.29, 0.717) is 5.56 Å². The standard InChI is InChI=1S/C33H38F2O8/c1-5-41-29(40)43-33(27(38)18-42-28(39)14-20-9-7-6-8-10-20)19(2)13-22-23-16-25(34)24-15-21(36)11-12-30(24,3)32(23,35)26(37)17-31(22,33)4/h6-12,15,19,22-23,25-26,37H,5,13-14,16-18H2,1-4H3/t19-,22+,23+,25+,26+,30+,31+,32+,33+/m1/s1. The van der Waals surface area contributed by atoms with E-state index in [2.05, 4.69) is 0 Å². The van der Waals surface area contributed by atoms with Gasteiger partial charge in [0.15, 0.2) is 23.7 Å². The van der Waals surface area contributed by atoms with Crippen molar-refractivity contribution < 1.29 is 47.3 Å². The number of carbonyl (C=O) groups excluding carboxylic acids is 4. The van der Waals surface area contributed by atoms with Crippen LogP contribution in [0, 0.1) is 28.6 Å². The number of aliphatic hydroxyl groups is 1. The van der Waals surface area contributed by atoms with Crippen LogP contribution in [-0.4, -0.2) is 65.6 Å². The Balaban J connectivity index is 1.51. The molecule has 0 spiro atoms. The van der Waals surface area contributed by atoms with E-state index in [1.807, 2.05) is 0 Å². The Morgan fingerprint density at radius 3 is 2.44 bits per heavy atom. The summed E-state index contributed by atoms with van der Waals surface area (Å²) < 4.78 is 49.6. The van der Waals surface area contributed by atoms with Gasteiger partial charge in [-0.1, -0.05) is 50.3 Å². The van der Waals surface area contributed by atoms with Crippen LogP contribution in [-0.2, 0) is 35.0 Å². The van der Waals surface area contributed by atoms with Crippen LogP contribution in [0.4, 0.5) is 13.6 Å². The first-order valence-corrected chi connectivity index (χ1v) is 14.8.